The SMILES string of the molecule is Cc1cc(Cl)cc2c1OC1(CCCC1)CC2NCc1cccc2ccccc12. The van der Waals surface area contributed by atoms with Crippen molar-refractivity contribution in [2.24, 2.45) is 0 Å². The summed E-state index contributed by atoms with van der Waals surface area (Å²) in [5, 5.41) is 7.26. The standard InChI is InChI=1S/C25H26ClNO/c1-17-13-20(26)14-22-23(15-25(28-24(17)22)11-4-5-12-25)27-16-19-9-6-8-18-7-2-3-10-21(18)19/h2-3,6-10,13-14,23,27H,4-5,11-12,15-16H2,1H3. The fourth-order valence-corrected chi connectivity index (χ4v) is 5.36. The highest BCUT2D eigenvalue weighted by Crippen LogP contribution is 2.49. The van der Waals surface area contributed by atoms with Gasteiger partial charge in [-0.25, -0.2) is 0 Å². The lowest BCUT2D eigenvalue weighted by molar-refractivity contribution is 0.0357. The van der Waals surface area contributed by atoms with Crippen molar-refractivity contribution >= 4 is 22.4 Å². The predicted molar refractivity (Wildman–Crippen MR) is 116 cm³/mol. The van der Waals surface area contributed by atoms with E-state index in [2.05, 4.69) is 60.8 Å². The summed E-state index contributed by atoms with van der Waals surface area (Å²) in [5.41, 5.74) is 3.68. The van der Waals surface area contributed by atoms with Gasteiger partial charge >= 0.3 is 0 Å². The Balaban J connectivity index is 1.48. The molecule has 1 unspecified atom stereocenters. The van der Waals surface area contributed by atoms with Crippen molar-refractivity contribution in [1.29, 1.82) is 0 Å². The average Bonchev–Trinajstić information content (AvgIpc) is 3.14. The molecular formula is C25H26ClNO. The highest BCUT2D eigenvalue weighted by molar-refractivity contribution is 6.30. The summed E-state index contributed by atoms with van der Waals surface area (Å²) >= 11 is 6.41. The Hall–Kier alpha value is -2.03. The Kier molecular flexibility index (Phi) is 4.57. The molecule has 1 saturated carbocycles. The van der Waals surface area contributed by atoms with E-state index in [1.165, 1.54) is 34.7 Å². The largest absolute Gasteiger partial charge is 0.487 e. The van der Waals surface area contributed by atoms with E-state index in [1.807, 2.05) is 6.07 Å². The highest BCUT2D eigenvalue weighted by atomic mass is 35.5. The first kappa shape index (κ1) is 18.0. The van der Waals surface area contributed by atoms with Gasteiger partial charge in [0, 0.05) is 29.6 Å². The van der Waals surface area contributed by atoms with Crippen LogP contribution in [0.25, 0.3) is 10.8 Å². The number of ether oxygens (including phenoxy) is 1. The van der Waals surface area contributed by atoms with Gasteiger partial charge in [0.25, 0.3) is 0 Å². The van der Waals surface area contributed by atoms with E-state index in [4.69, 9.17) is 16.3 Å². The average molecular weight is 392 g/mol. The molecule has 0 amide bonds. The van der Waals surface area contributed by atoms with Crippen LogP contribution in [0.15, 0.2) is 54.6 Å². The van der Waals surface area contributed by atoms with Crippen LogP contribution in [0.4, 0.5) is 0 Å². The zero-order valence-electron chi connectivity index (χ0n) is 16.3. The number of hydrogen-bond acceptors (Lipinski definition) is 2. The van der Waals surface area contributed by atoms with Gasteiger partial charge in [-0.3, -0.25) is 0 Å². The Morgan fingerprint density at radius 1 is 1.07 bits per heavy atom. The van der Waals surface area contributed by atoms with Crippen molar-refractivity contribution in [3.05, 3.63) is 76.3 Å². The minimum atomic E-state index is -0.0119. The second-order valence-corrected chi connectivity index (χ2v) is 8.85. The predicted octanol–water partition coefficient (Wildman–Crippen LogP) is 6.73. The molecule has 2 aliphatic rings. The Labute approximate surface area is 171 Å². The molecule has 3 aromatic rings. The van der Waals surface area contributed by atoms with Crippen LogP contribution < -0.4 is 10.1 Å². The van der Waals surface area contributed by atoms with Crippen molar-refractivity contribution in [2.45, 2.75) is 57.2 Å². The van der Waals surface area contributed by atoms with Crippen LogP contribution in [0, 0.1) is 6.92 Å². The molecule has 2 nitrogen and oxygen atoms in total. The lowest BCUT2D eigenvalue weighted by Crippen LogP contribution is -2.42. The van der Waals surface area contributed by atoms with Gasteiger partial charge in [-0.05, 0) is 66.6 Å². The molecule has 0 radical (unpaired) electrons. The van der Waals surface area contributed by atoms with Crippen LogP contribution in [0.2, 0.25) is 5.02 Å². The van der Waals surface area contributed by atoms with Crippen molar-refractivity contribution in [2.75, 3.05) is 0 Å². The summed E-state index contributed by atoms with van der Waals surface area (Å²) < 4.78 is 6.62. The van der Waals surface area contributed by atoms with Crippen molar-refractivity contribution in [3.63, 3.8) is 0 Å². The van der Waals surface area contributed by atoms with Gasteiger partial charge in [-0.15, -0.1) is 0 Å². The molecule has 5 rings (SSSR count). The third kappa shape index (κ3) is 3.19. The van der Waals surface area contributed by atoms with Crippen molar-refractivity contribution in [3.8, 4) is 5.75 Å². The molecule has 3 heteroatoms. The van der Waals surface area contributed by atoms with Gasteiger partial charge in [-0.1, -0.05) is 54.1 Å². The topological polar surface area (TPSA) is 21.3 Å². The molecular weight excluding hydrogens is 366 g/mol. The van der Waals surface area contributed by atoms with Gasteiger partial charge < -0.3 is 10.1 Å². The van der Waals surface area contributed by atoms with Crippen molar-refractivity contribution in [1.82, 2.24) is 5.32 Å². The molecule has 1 N–H and O–H groups in total. The van der Waals surface area contributed by atoms with E-state index in [0.717, 1.165) is 42.1 Å². The Morgan fingerprint density at radius 3 is 2.71 bits per heavy atom. The number of hydrogen-bond donors (Lipinski definition) is 1. The lowest BCUT2D eigenvalue weighted by atomic mass is 9.85. The monoisotopic (exact) mass is 391 g/mol. The maximum absolute atomic E-state index is 6.62. The first-order chi connectivity index (χ1) is 13.6. The first-order valence-electron chi connectivity index (χ1n) is 10.3. The minimum absolute atomic E-state index is 0.0119. The number of halogens is 1. The molecule has 1 aliphatic heterocycles. The quantitative estimate of drug-likeness (QED) is 0.534. The molecule has 0 aromatic heterocycles. The number of nitrogens with one attached hydrogen (secondary N) is 1. The molecule has 1 aliphatic carbocycles. The van der Waals surface area contributed by atoms with Crippen LogP contribution in [0.1, 0.15) is 54.8 Å². The number of benzene rings is 3. The van der Waals surface area contributed by atoms with Crippen LogP contribution in [0.3, 0.4) is 0 Å². The van der Waals surface area contributed by atoms with Crippen molar-refractivity contribution < 1.29 is 4.74 Å². The molecule has 1 spiro atoms. The van der Waals surface area contributed by atoms with E-state index >= 15 is 0 Å². The second-order valence-electron chi connectivity index (χ2n) is 8.41. The highest BCUT2D eigenvalue weighted by Gasteiger charge is 2.43. The van der Waals surface area contributed by atoms with Crippen LogP contribution >= 0.6 is 11.6 Å². The van der Waals surface area contributed by atoms with Crippen LogP contribution in [-0.4, -0.2) is 5.60 Å². The summed E-state index contributed by atoms with van der Waals surface area (Å²) in [6.45, 7) is 2.95. The van der Waals surface area contributed by atoms with E-state index in [9.17, 15) is 0 Å². The second kappa shape index (κ2) is 7.09. The molecule has 1 heterocycles. The molecule has 0 bridgehead atoms. The van der Waals surface area contributed by atoms with Gasteiger partial charge in [-0.2, -0.15) is 0 Å². The summed E-state index contributed by atoms with van der Waals surface area (Å²) in [6.07, 6.45) is 5.85. The number of rotatable bonds is 3. The summed E-state index contributed by atoms with van der Waals surface area (Å²) in [7, 11) is 0. The summed E-state index contributed by atoms with van der Waals surface area (Å²) in [5.74, 6) is 1.05. The zero-order valence-corrected chi connectivity index (χ0v) is 17.1. The number of aryl methyl sites for hydroxylation is 1. The zero-order chi connectivity index (χ0) is 19.1. The molecule has 28 heavy (non-hydrogen) atoms. The van der Waals surface area contributed by atoms with E-state index < -0.39 is 0 Å². The maximum atomic E-state index is 6.62. The molecule has 1 fully saturated rings. The third-order valence-corrected chi connectivity index (χ3v) is 6.69. The molecule has 1 atom stereocenters. The fourth-order valence-electron chi connectivity index (χ4n) is 5.08. The minimum Gasteiger partial charge on any atom is -0.487 e. The smallest absolute Gasteiger partial charge is 0.127 e. The lowest BCUT2D eigenvalue weighted by Gasteiger charge is -2.41. The van der Waals surface area contributed by atoms with Gasteiger partial charge in [0.15, 0.2) is 0 Å². The van der Waals surface area contributed by atoms with Gasteiger partial charge in [0.05, 0.1) is 0 Å². The van der Waals surface area contributed by atoms with Crippen LogP contribution in [0.5, 0.6) is 5.75 Å². The fraction of sp³-hybridized carbons (Fsp3) is 0.360. The maximum Gasteiger partial charge on any atom is 0.127 e. The third-order valence-electron chi connectivity index (χ3n) is 6.47. The van der Waals surface area contributed by atoms with E-state index in [0.29, 0.717) is 0 Å². The van der Waals surface area contributed by atoms with Gasteiger partial charge in [0.2, 0.25) is 0 Å². The van der Waals surface area contributed by atoms with E-state index in [-0.39, 0.29) is 11.6 Å². The molecule has 144 valence electrons. The molecule has 0 saturated heterocycles. The van der Waals surface area contributed by atoms with Crippen LogP contribution in [-0.2, 0) is 6.54 Å². The normalized spacial score (nSPS) is 20.3. The van der Waals surface area contributed by atoms with E-state index in [1.54, 1.807) is 0 Å². The Bertz CT molecular complexity index is 1020. The summed E-state index contributed by atoms with van der Waals surface area (Å²) in [4.78, 5) is 0. The van der Waals surface area contributed by atoms with Gasteiger partial charge in [0.1, 0.15) is 11.4 Å². The Morgan fingerprint density at radius 2 is 1.86 bits per heavy atom. The first-order valence-corrected chi connectivity index (χ1v) is 10.7. The number of fused-ring (bicyclic) bond motifs is 2. The summed E-state index contributed by atoms with van der Waals surface area (Å²) in [6, 6.07) is 19.5. The molecule has 3 aromatic carbocycles.